The summed E-state index contributed by atoms with van der Waals surface area (Å²) in [6.45, 7) is 9.54. The second kappa shape index (κ2) is 13.6. The van der Waals surface area contributed by atoms with Crippen molar-refractivity contribution in [1.29, 1.82) is 0 Å². The van der Waals surface area contributed by atoms with Gasteiger partial charge in [0.1, 0.15) is 5.75 Å². The topological polar surface area (TPSA) is 9.23 Å². The van der Waals surface area contributed by atoms with Gasteiger partial charge in [-0.25, -0.2) is 0 Å². The first-order valence-electron chi connectivity index (χ1n) is 14.4. The van der Waals surface area contributed by atoms with E-state index in [1.807, 2.05) is 7.11 Å². The largest absolute Gasteiger partial charge is 0.496 e. The van der Waals surface area contributed by atoms with Crippen molar-refractivity contribution in [2.24, 2.45) is 29.6 Å². The standard InChI is InChI=1S/C32H51O.Y/c1-22-11-13-28(14-12-22)20-30-23(2)24(3)31(32(33-5)25(30)4)21-29-17-15-27(16-18-29)19-26-9-7-6-8-10-26;/h6,22,26-29H,7-21H2,1-5H3;/q-1;. The van der Waals surface area contributed by atoms with Gasteiger partial charge in [-0.1, -0.05) is 45.4 Å². The van der Waals surface area contributed by atoms with Crippen LogP contribution in [0.5, 0.6) is 5.75 Å². The monoisotopic (exact) mass is 540 g/mol. The van der Waals surface area contributed by atoms with Gasteiger partial charge in [0.05, 0.1) is 7.11 Å². The van der Waals surface area contributed by atoms with E-state index in [1.54, 1.807) is 11.1 Å². The Kier molecular flexibility index (Phi) is 11.5. The fourth-order valence-electron chi connectivity index (χ4n) is 7.58. The van der Waals surface area contributed by atoms with Crippen LogP contribution in [0.1, 0.15) is 118 Å². The number of methoxy groups -OCH3 is 1. The summed E-state index contributed by atoms with van der Waals surface area (Å²) in [6.07, 6.45) is 23.6. The van der Waals surface area contributed by atoms with Crippen molar-refractivity contribution in [1.82, 2.24) is 0 Å². The second-order valence-electron chi connectivity index (χ2n) is 12.3. The molecule has 4 rings (SSSR count). The molecule has 3 aliphatic rings. The molecule has 0 atom stereocenters. The van der Waals surface area contributed by atoms with Crippen molar-refractivity contribution in [3.63, 3.8) is 0 Å². The van der Waals surface area contributed by atoms with E-state index in [2.05, 4.69) is 34.1 Å². The predicted molar refractivity (Wildman–Crippen MR) is 142 cm³/mol. The molecule has 3 saturated carbocycles. The van der Waals surface area contributed by atoms with Gasteiger partial charge >= 0.3 is 0 Å². The Bertz CT molecular complexity index is 762. The molecule has 34 heavy (non-hydrogen) atoms. The molecule has 1 nitrogen and oxygen atoms in total. The van der Waals surface area contributed by atoms with E-state index in [9.17, 15) is 0 Å². The fourth-order valence-corrected chi connectivity index (χ4v) is 7.58. The summed E-state index contributed by atoms with van der Waals surface area (Å²) in [4.78, 5) is 0. The van der Waals surface area contributed by atoms with Crippen molar-refractivity contribution in [3.8, 4) is 5.75 Å². The molecule has 0 amide bonds. The van der Waals surface area contributed by atoms with Gasteiger partial charge in [-0.2, -0.15) is 12.8 Å². The summed E-state index contributed by atoms with van der Waals surface area (Å²) in [5.41, 5.74) is 7.65. The van der Waals surface area contributed by atoms with Gasteiger partial charge in [0.25, 0.3) is 0 Å². The SMILES string of the molecule is COc1c(C)c(CC2CCC(C)CC2)c(C)c(C)c1CC1CCC(CC2CC[CH-]CC2)CC1.[Y]. The molecule has 2 heteroatoms. The molecule has 0 unspecified atom stereocenters. The van der Waals surface area contributed by atoms with E-state index < -0.39 is 0 Å². The van der Waals surface area contributed by atoms with Gasteiger partial charge in [-0.15, -0.1) is 0 Å². The maximum absolute atomic E-state index is 6.12. The quantitative estimate of drug-likeness (QED) is 0.313. The van der Waals surface area contributed by atoms with Crippen molar-refractivity contribution in [2.45, 2.75) is 124 Å². The Hall–Kier alpha value is 0.124. The molecule has 189 valence electrons. The third kappa shape index (κ3) is 7.12. The zero-order valence-electron chi connectivity index (χ0n) is 23.1. The van der Waals surface area contributed by atoms with Crippen LogP contribution in [0, 0.1) is 56.8 Å². The Morgan fingerprint density at radius 2 is 1.12 bits per heavy atom. The van der Waals surface area contributed by atoms with Crippen molar-refractivity contribution < 1.29 is 37.4 Å². The molecule has 0 aliphatic heterocycles. The van der Waals surface area contributed by atoms with Crippen molar-refractivity contribution >= 4 is 0 Å². The smallest absolute Gasteiger partial charge is 0.125 e. The summed E-state index contributed by atoms with van der Waals surface area (Å²) in [5, 5.41) is 0. The van der Waals surface area contributed by atoms with Gasteiger partial charge in [0, 0.05) is 32.7 Å². The summed E-state index contributed by atoms with van der Waals surface area (Å²) < 4.78 is 6.12. The fraction of sp³-hybridized carbons (Fsp3) is 0.781. The van der Waals surface area contributed by atoms with Gasteiger partial charge in [-0.3, -0.25) is 0 Å². The Balaban J connectivity index is 0.00000324. The molecular weight excluding hydrogens is 489 g/mol. The molecule has 1 aromatic carbocycles. The Morgan fingerprint density at radius 3 is 1.71 bits per heavy atom. The van der Waals surface area contributed by atoms with Gasteiger partial charge < -0.3 is 11.2 Å². The van der Waals surface area contributed by atoms with Crippen LogP contribution in [0.2, 0.25) is 0 Å². The summed E-state index contributed by atoms with van der Waals surface area (Å²) in [7, 11) is 1.91. The van der Waals surface area contributed by atoms with E-state index in [-0.39, 0.29) is 32.7 Å². The van der Waals surface area contributed by atoms with Crippen molar-refractivity contribution in [3.05, 3.63) is 34.2 Å². The summed E-state index contributed by atoms with van der Waals surface area (Å²) >= 11 is 0. The zero-order chi connectivity index (χ0) is 23.4. The van der Waals surface area contributed by atoms with E-state index in [4.69, 9.17) is 4.74 Å². The average molecular weight is 541 g/mol. The molecule has 1 radical (unpaired) electrons. The molecule has 3 fully saturated rings. The Morgan fingerprint density at radius 1 is 0.647 bits per heavy atom. The van der Waals surface area contributed by atoms with Gasteiger partial charge in [0.2, 0.25) is 0 Å². The summed E-state index contributed by atoms with van der Waals surface area (Å²) in [6, 6.07) is 0. The second-order valence-corrected chi connectivity index (χ2v) is 12.3. The molecule has 3 aliphatic carbocycles. The third-order valence-electron chi connectivity index (χ3n) is 10.1. The van der Waals surface area contributed by atoms with Crippen LogP contribution in [0.4, 0.5) is 0 Å². The molecular formula is C32H51OY-. The van der Waals surface area contributed by atoms with Crippen LogP contribution in [0.25, 0.3) is 0 Å². The van der Waals surface area contributed by atoms with Gasteiger partial charge in [-0.05, 0) is 123 Å². The third-order valence-corrected chi connectivity index (χ3v) is 10.1. The molecule has 0 N–H and O–H groups in total. The van der Waals surface area contributed by atoms with Crippen LogP contribution < -0.4 is 4.74 Å². The van der Waals surface area contributed by atoms with Crippen LogP contribution in [-0.2, 0) is 45.6 Å². The molecule has 0 spiro atoms. The minimum atomic E-state index is 0. The minimum absolute atomic E-state index is 0. The first kappa shape index (κ1) is 28.7. The molecule has 0 heterocycles. The van der Waals surface area contributed by atoms with Crippen molar-refractivity contribution in [2.75, 3.05) is 7.11 Å². The van der Waals surface area contributed by atoms with E-state index in [0.29, 0.717) is 0 Å². The van der Waals surface area contributed by atoms with E-state index in [0.717, 1.165) is 29.6 Å². The molecule has 0 aromatic heterocycles. The Labute approximate surface area is 236 Å². The molecule has 0 saturated heterocycles. The number of hydrogen-bond donors (Lipinski definition) is 0. The maximum Gasteiger partial charge on any atom is 0.125 e. The number of hydrogen-bond acceptors (Lipinski definition) is 1. The average Bonchev–Trinajstić information content (AvgIpc) is 2.83. The molecule has 1 aromatic rings. The number of rotatable bonds is 7. The number of ether oxygens (including phenoxy) is 1. The van der Waals surface area contributed by atoms with Crippen LogP contribution in [-0.4, -0.2) is 7.11 Å². The first-order chi connectivity index (χ1) is 16.0. The van der Waals surface area contributed by atoms with E-state index in [1.165, 1.54) is 119 Å². The zero-order valence-corrected chi connectivity index (χ0v) is 25.9. The van der Waals surface area contributed by atoms with Crippen LogP contribution in [0.3, 0.4) is 0 Å². The maximum atomic E-state index is 6.12. The normalized spacial score (nSPS) is 28.4. The minimum Gasteiger partial charge on any atom is -0.496 e. The predicted octanol–water partition coefficient (Wildman–Crippen LogP) is 9.12. The molecule has 0 bridgehead atoms. The first-order valence-corrected chi connectivity index (χ1v) is 14.4. The van der Waals surface area contributed by atoms with Crippen LogP contribution >= 0.6 is 0 Å². The van der Waals surface area contributed by atoms with Crippen LogP contribution in [0.15, 0.2) is 0 Å². The number of benzene rings is 1. The summed E-state index contributed by atoms with van der Waals surface area (Å²) in [5.74, 6) is 5.88. The van der Waals surface area contributed by atoms with E-state index >= 15 is 0 Å². The van der Waals surface area contributed by atoms with Gasteiger partial charge in [0.15, 0.2) is 0 Å².